The molecule has 0 aliphatic carbocycles. The van der Waals surface area contributed by atoms with Gasteiger partial charge in [-0.3, -0.25) is 19.5 Å². The van der Waals surface area contributed by atoms with Crippen molar-refractivity contribution in [2.75, 3.05) is 48.7 Å². The number of carbonyl (C=O) groups excluding carboxylic acids is 1. The fourth-order valence-electron chi connectivity index (χ4n) is 5.20. The molecule has 2 aliphatic heterocycles. The van der Waals surface area contributed by atoms with E-state index in [1.54, 1.807) is 24.3 Å². The average Bonchev–Trinajstić information content (AvgIpc) is 3.52. The first-order valence-electron chi connectivity index (χ1n) is 12.7. The van der Waals surface area contributed by atoms with Gasteiger partial charge in [0, 0.05) is 55.1 Å². The van der Waals surface area contributed by atoms with Crippen molar-refractivity contribution in [1.82, 2.24) is 4.67 Å². The third kappa shape index (κ3) is 4.82. The van der Waals surface area contributed by atoms with Gasteiger partial charge in [0.25, 0.3) is 19.0 Å². The highest BCUT2D eigenvalue weighted by atomic mass is 31.2. The fraction of sp³-hybridized carbons (Fsp3) is 0.370. The van der Waals surface area contributed by atoms with E-state index in [-0.39, 0.29) is 22.9 Å². The Morgan fingerprint density at radius 1 is 1.15 bits per heavy atom. The number of nitro benzene ring substituents is 1. The number of amides is 1. The molecular formula is C27H32N5O6P. The van der Waals surface area contributed by atoms with Crippen molar-refractivity contribution < 1.29 is 23.4 Å². The van der Waals surface area contributed by atoms with E-state index in [0.717, 1.165) is 11.3 Å². The summed E-state index contributed by atoms with van der Waals surface area (Å²) in [6.07, 6.45) is 1.42. The van der Waals surface area contributed by atoms with Gasteiger partial charge in [-0.1, -0.05) is 13.8 Å². The summed E-state index contributed by atoms with van der Waals surface area (Å²) in [5, 5.41) is 17.8. The predicted molar refractivity (Wildman–Crippen MR) is 150 cm³/mol. The molecule has 2 aliphatic rings. The summed E-state index contributed by atoms with van der Waals surface area (Å²) >= 11 is 0. The Hall–Kier alpha value is -3.66. The van der Waals surface area contributed by atoms with Crippen LogP contribution in [0.4, 0.5) is 22.7 Å². The molecule has 0 unspecified atom stereocenters. The quantitative estimate of drug-likeness (QED) is 0.240. The molecule has 3 aromatic rings. The molecule has 0 spiro atoms. The Balaban J connectivity index is 1.67. The largest absolute Gasteiger partial charge is 0.459 e. The number of carbonyl (C=O) groups is 1. The maximum atomic E-state index is 15.3. The van der Waals surface area contributed by atoms with Gasteiger partial charge in [0.05, 0.1) is 35.4 Å². The van der Waals surface area contributed by atoms with Gasteiger partial charge in [0.2, 0.25) is 0 Å². The van der Waals surface area contributed by atoms with E-state index in [1.165, 1.54) is 18.4 Å². The lowest BCUT2D eigenvalue weighted by molar-refractivity contribution is -0.384. The topological polar surface area (TPSA) is 130 Å². The van der Waals surface area contributed by atoms with Crippen LogP contribution in [0, 0.1) is 10.1 Å². The number of nitrogens with zero attached hydrogens (tertiary/aromatic N) is 3. The first-order valence-corrected chi connectivity index (χ1v) is 14.4. The van der Waals surface area contributed by atoms with Crippen molar-refractivity contribution in [1.29, 1.82) is 0 Å². The molecule has 39 heavy (non-hydrogen) atoms. The van der Waals surface area contributed by atoms with E-state index < -0.39 is 18.3 Å². The lowest BCUT2D eigenvalue weighted by atomic mass is 9.81. The van der Waals surface area contributed by atoms with E-state index in [1.807, 2.05) is 23.9 Å². The number of non-ortho nitro benzene ring substituents is 1. The van der Waals surface area contributed by atoms with Crippen LogP contribution in [0.2, 0.25) is 0 Å². The molecule has 1 aromatic heterocycles. The molecule has 2 aromatic carbocycles. The number of hydrogen-bond acceptors (Lipinski definition) is 7. The predicted octanol–water partition coefficient (Wildman–Crippen LogP) is 4.82. The van der Waals surface area contributed by atoms with Gasteiger partial charge >= 0.3 is 0 Å². The summed E-state index contributed by atoms with van der Waals surface area (Å²) < 4.78 is 28.0. The zero-order valence-electron chi connectivity index (χ0n) is 22.3. The first-order chi connectivity index (χ1) is 18.5. The van der Waals surface area contributed by atoms with Crippen LogP contribution in [0.1, 0.15) is 36.9 Å². The van der Waals surface area contributed by atoms with Gasteiger partial charge in [-0.2, -0.15) is 0 Å². The van der Waals surface area contributed by atoms with Crippen LogP contribution in [0.5, 0.6) is 0 Å². The van der Waals surface area contributed by atoms with Gasteiger partial charge in [0.15, 0.2) is 5.76 Å². The molecule has 1 amide bonds. The van der Waals surface area contributed by atoms with Crippen molar-refractivity contribution in [3.8, 4) is 0 Å². The van der Waals surface area contributed by atoms with E-state index in [9.17, 15) is 14.9 Å². The number of ether oxygens (including phenoxy) is 1. The van der Waals surface area contributed by atoms with Gasteiger partial charge in [-0.25, -0.2) is 4.67 Å². The van der Waals surface area contributed by atoms with Crippen LogP contribution in [-0.4, -0.2) is 54.9 Å². The van der Waals surface area contributed by atoms with Crippen molar-refractivity contribution >= 4 is 41.4 Å². The fourth-order valence-corrected chi connectivity index (χ4v) is 7.74. The zero-order chi connectivity index (χ0) is 27.9. The molecule has 0 saturated carbocycles. The second-order valence-corrected chi connectivity index (χ2v) is 12.8. The van der Waals surface area contributed by atoms with Crippen LogP contribution in [0.3, 0.4) is 0 Å². The minimum atomic E-state index is -3.64. The standard InChI is InChI=1S/C27H32N5O6P/c1-18-27(2,3)21-16-25(22(17-23(21)30(18)4)28-26(33)24-6-5-13-38-24)39(36,31-11-14-37-15-12-31)29-19-7-9-20(10-8-19)32(34)35/h5-10,13,16-18H,11-12,14-15H2,1-4H3,(H,28,33)(H,29,36)/t18-,39-/m0/s1. The van der Waals surface area contributed by atoms with Crippen molar-refractivity contribution in [3.05, 3.63) is 76.2 Å². The number of morpholine rings is 1. The third-order valence-corrected chi connectivity index (χ3v) is 10.7. The highest BCUT2D eigenvalue weighted by Gasteiger charge is 2.44. The molecular weight excluding hydrogens is 521 g/mol. The van der Waals surface area contributed by atoms with Crippen molar-refractivity contribution in [3.63, 3.8) is 0 Å². The SMILES string of the molecule is C[C@@H]1N(C)c2cc(NC(=O)c3ccco3)c([P@](=O)(Nc3ccc([N+](=O)[O-])cc3)N3CCOCC3)cc2C1(C)C. The maximum absolute atomic E-state index is 15.3. The molecule has 0 bridgehead atoms. The number of furan rings is 1. The summed E-state index contributed by atoms with van der Waals surface area (Å²) in [7, 11) is -1.63. The number of nitrogens with one attached hydrogen (secondary N) is 2. The molecule has 12 heteroatoms. The zero-order valence-corrected chi connectivity index (χ0v) is 23.2. The van der Waals surface area contributed by atoms with E-state index in [0.29, 0.717) is 43.0 Å². The first kappa shape index (κ1) is 26.9. The van der Waals surface area contributed by atoms with Crippen LogP contribution in [-0.2, 0) is 14.7 Å². The summed E-state index contributed by atoms with van der Waals surface area (Å²) in [5.41, 5.74) is 2.49. The van der Waals surface area contributed by atoms with Crippen LogP contribution >= 0.6 is 7.44 Å². The second-order valence-electron chi connectivity index (χ2n) is 10.4. The highest BCUT2D eigenvalue weighted by Crippen LogP contribution is 2.54. The Morgan fingerprint density at radius 3 is 2.46 bits per heavy atom. The Bertz CT molecular complexity index is 1430. The summed E-state index contributed by atoms with van der Waals surface area (Å²) in [5.74, 6) is -0.328. The second kappa shape index (κ2) is 10.1. The monoisotopic (exact) mass is 553 g/mol. The highest BCUT2D eigenvalue weighted by molar-refractivity contribution is 7.71. The summed E-state index contributed by atoms with van der Waals surface area (Å²) in [6.45, 7) is 8.03. The number of benzene rings is 2. The molecule has 1 saturated heterocycles. The minimum Gasteiger partial charge on any atom is -0.459 e. The maximum Gasteiger partial charge on any atom is 0.291 e. The average molecular weight is 554 g/mol. The number of likely N-dealkylation sites (N-methyl/N-ethyl adjacent to an activating group) is 1. The summed E-state index contributed by atoms with van der Waals surface area (Å²) in [4.78, 5) is 26.0. The normalized spacial score (nSPS) is 20.2. The number of nitro groups is 1. The van der Waals surface area contributed by atoms with E-state index >= 15 is 4.57 Å². The molecule has 0 radical (unpaired) electrons. The number of rotatable bonds is 7. The van der Waals surface area contributed by atoms with Gasteiger partial charge in [-0.05, 0) is 48.9 Å². The van der Waals surface area contributed by atoms with Gasteiger partial charge < -0.3 is 24.5 Å². The smallest absolute Gasteiger partial charge is 0.291 e. The minimum absolute atomic E-state index is 0.0653. The molecule has 1 fully saturated rings. The Kier molecular flexibility index (Phi) is 7.00. The molecule has 11 nitrogen and oxygen atoms in total. The van der Waals surface area contributed by atoms with Crippen molar-refractivity contribution in [2.24, 2.45) is 0 Å². The van der Waals surface area contributed by atoms with Gasteiger partial charge in [-0.15, -0.1) is 0 Å². The number of fused-ring (bicyclic) bond motifs is 1. The molecule has 3 heterocycles. The van der Waals surface area contributed by atoms with Crippen LogP contribution < -0.4 is 20.6 Å². The lowest BCUT2D eigenvalue weighted by Crippen LogP contribution is -2.40. The molecule has 206 valence electrons. The van der Waals surface area contributed by atoms with E-state index in [4.69, 9.17) is 9.15 Å². The van der Waals surface area contributed by atoms with Gasteiger partial charge in [0.1, 0.15) is 0 Å². The Labute approximate surface area is 226 Å². The number of hydrogen-bond donors (Lipinski definition) is 2. The molecule has 5 rings (SSSR count). The lowest BCUT2D eigenvalue weighted by Gasteiger charge is -2.36. The van der Waals surface area contributed by atoms with Crippen LogP contribution in [0.15, 0.2) is 59.2 Å². The Morgan fingerprint density at radius 2 is 1.85 bits per heavy atom. The molecule has 2 atom stereocenters. The number of anilines is 3. The third-order valence-electron chi connectivity index (χ3n) is 7.88. The van der Waals surface area contributed by atoms with Crippen molar-refractivity contribution in [2.45, 2.75) is 32.2 Å². The summed E-state index contributed by atoms with van der Waals surface area (Å²) in [6, 6.07) is 13.0. The van der Waals surface area contributed by atoms with E-state index in [2.05, 4.69) is 36.1 Å². The molecule has 2 N–H and O–H groups in total. The van der Waals surface area contributed by atoms with Crippen LogP contribution in [0.25, 0.3) is 0 Å².